The number of anilines is 9. The molecule has 14 nitrogen and oxygen atoms in total. The molecule has 0 radical (unpaired) electrons. The van der Waals surface area contributed by atoms with Gasteiger partial charge in [-0.05, 0) is 148 Å². The van der Waals surface area contributed by atoms with E-state index in [-0.39, 0.29) is 42.3 Å². The second kappa shape index (κ2) is 27.6. The lowest BCUT2D eigenvalue weighted by Crippen LogP contribution is -2.62. The summed E-state index contributed by atoms with van der Waals surface area (Å²) in [5, 5.41) is 1.03. The van der Waals surface area contributed by atoms with Crippen molar-refractivity contribution in [1.82, 2.24) is 44.9 Å². The normalized spacial score (nSPS) is 13.9. The molecule has 0 amide bonds. The summed E-state index contributed by atoms with van der Waals surface area (Å²) in [6.07, 6.45) is 6.09. The fourth-order valence-corrected chi connectivity index (χ4v) is 16.7. The van der Waals surface area contributed by atoms with Crippen LogP contribution in [0.2, 0.25) is 0 Å². The zero-order valence-electron chi connectivity index (χ0n) is 66.5. The van der Waals surface area contributed by atoms with Gasteiger partial charge in [-0.2, -0.15) is 0 Å². The van der Waals surface area contributed by atoms with E-state index in [4.69, 9.17) is 54.3 Å². The number of hydrogen-bond donors (Lipinski definition) is 0. The van der Waals surface area contributed by atoms with Crippen LogP contribution in [0.4, 0.5) is 51.7 Å². The molecular weight excluding hydrogens is 1360 g/mol. The molecule has 9 aromatic heterocycles. The van der Waals surface area contributed by atoms with Crippen LogP contribution < -0.4 is 73.3 Å². The number of hydrogen-bond acceptors (Lipinski definition) is 15. The maximum absolute atomic E-state index is 6.53. The zero-order chi connectivity index (χ0) is 76.6. The van der Waals surface area contributed by atoms with Crippen molar-refractivity contribution >= 4 is 133 Å². The molecule has 0 N–H and O–H groups in total. The highest BCUT2D eigenvalue weighted by Gasteiger charge is 2.49. The number of ether oxygens (including phenoxy) is 2. The Hall–Kier alpha value is -10.4. The third kappa shape index (κ3) is 13.0. The van der Waals surface area contributed by atoms with Gasteiger partial charge >= 0.3 is 0 Å². The van der Waals surface area contributed by atoms with Gasteiger partial charge in [0.1, 0.15) is 45.5 Å². The molecular formula is C91H95B3N12O2S. The Morgan fingerprint density at radius 1 is 0.339 bits per heavy atom. The Morgan fingerprint density at radius 2 is 0.807 bits per heavy atom. The summed E-state index contributed by atoms with van der Waals surface area (Å²) in [7, 11) is 0. The molecule has 0 saturated heterocycles. The van der Waals surface area contributed by atoms with Gasteiger partial charge < -0.3 is 9.47 Å². The minimum absolute atomic E-state index is 0.0154. The van der Waals surface area contributed by atoms with Gasteiger partial charge in [-0.3, -0.25) is 29.7 Å². The number of nitrogens with zero attached hydrogens (tertiary/aromatic N) is 12. The molecule has 15 heterocycles. The summed E-state index contributed by atoms with van der Waals surface area (Å²) < 4.78 is 13.0. The predicted molar refractivity (Wildman–Crippen MR) is 452 cm³/mol. The van der Waals surface area contributed by atoms with Gasteiger partial charge in [0.25, 0.3) is 20.1 Å². The summed E-state index contributed by atoms with van der Waals surface area (Å²) in [6, 6.07) is 58.0. The second-order valence-electron chi connectivity index (χ2n) is 34.5. The number of fused-ring (bicyclic) bond motifs is 12. The van der Waals surface area contributed by atoms with Crippen molar-refractivity contribution in [3.63, 3.8) is 0 Å². The molecule has 12 aromatic rings. The molecule has 0 aliphatic carbocycles. The van der Waals surface area contributed by atoms with Crippen molar-refractivity contribution in [2.24, 2.45) is 0 Å². The van der Waals surface area contributed by atoms with Crippen LogP contribution in [0, 0.1) is 6.92 Å². The van der Waals surface area contributed by atoms with E-state index in [2.05, 4.69) is 304 Å². The monoisotopic (exact) mass is 1450 g/mol. The van der Waals surface area contributed by atoms with Crippen LogP contribution >= 0.6 is 11.8 Å². The van der Waals surface area contributed by atoms with E-state index in [0.717, 1.165) is 153 Å². The van der Waals surface area contributed by atoms with Crippen molar-refractivity contribution in [2.45, 2.75) is 194 Å². The summed E-state index contributed by atoms with van der Waals surface area (Å²) in [5.74, 6) is 8.64. The zero-order valence-corrected chi connectivity index (χ0v) is 67.3. The Kier molecular flexibility index (Phi) is 18.4. The Morgan fingerprint density at radius 3 is 1.38 bits per heavy atom. The highest BCUT2D eigenvalue weighted by atomic mass is 32.2. The Balaban J connectivity index is 0.000000126. The minimum Gasteiger partial charge on any atom is -0.458 e. The molecule has 3 aromatic carbocycles. The number of aromatic nitrogens is 9. The number of para-hydroxylation sites is 3. The topological polar surface area (TPSA) is 144 Å². The molecule has 546 valence electrons. The average molecular weight is 1450 g/mol. The summed E-state index contributed by atoms with van der Waals surface area (Å²) >= 11 is 1.74. The fourth-order valence-electron chi connectivity index (χ4n) is 15.6. The summed E-state index contributed by atoms with van der Waals surface area (Å²) in [4.78, 5) is 54.0. The summed E-state index contributed by atoms with van der Waals surface area (Å²) in [6.45, 7) is 43.7. The van der Waals surface area contributed by atoms with E-state index in [1.807, 2.05) is 31.5 Å². The van der Waals surface area contributed by atoms with Gasteiger partial charge in [-0.1, -0.05) is 216 Å². The van der Waals surface area contributed by atoms with E-state index >= 15 is 0 Å². The fraction of sp³-hybridized carbons (Fsp3) is 0.308. The molecule has 0 saturated carbocycles. The first-order valence-corrected chi connectivity index (χ1v) is 39.5. The van der Waals surface area contributed by atoms with Crippen molar-refractivity contribution < 1.29 is 9.47 Å². The number of pyridine rings is 9. The van der Waals surface area contributed by atoms with Crippen molar-refractivity contribution in [3.05, 3.63) is 234 Å². The van der Waals surface area contributed by atoms with Crippen molar-refractivity contribution in [3.8, 4) is 23.1 Å². The third-order valence-electron chi connectivity index (χ3n) is 21.6. The largest absolute Gasteiger partial charge is 0.458 e. The van der Waals surface area contributed by atoms with Gasteiger partial charge in [0, 0.05) is 143 Å². The van der Waals surface area contributed by atoms with Crippen molar-refractivity contribution in [2.75, 3.05) is 14.7 Å². The first-order valence-electron chi connectivity index (χ1n) is 38.7. The Bertz CT molecular complexity index is 5350. The SMILES string of the molecule is CC(C)(C)c1cc2c(cn1)B1c3ccc(C(C)(C)C)nc3Oc3cc(C(C)(C)C)nc(c31)S2.CC(C)c1ccc2c(n1)N(c1ccccc1)c1cc(C(C)C)nc3c1B2c1ccc(C(C)C)nc1N3c1ccccc1.Cc1cc2c3c(n1)N(c1ccccc1)c1cc(C(C)C)ncc1B3c1cnc(C(C)C)cc1O2. The van der Waals surface area contributed by atoms with Crippen LogP contribution in [0.1, 0.15) is 212 Å². The lowest BCUT2D eigenvalue weighted by atomic mass is 9.34. The maximum atomic E-state index is 6.53. The highest BCUT2D eigenvalue weighted by Crippen LogP contribution is 2.46. The van der Waals surface area contributed by atoms with Crippen LogP contribution in [-0.4, -0.2) is 65.0 Å². The molecule has 6 aliphatic rings. The van der Waals surface area contributed by atoms with E-state index in [0.29, 0.717) is 29.6 Å². The lowest BCUT2D eigenvalue weighted by Gasteiger charge is -2.43. The van der Waals surface area contributed by atoms with E-state index in [1.165, 1.54) is 26.7 Å². The smallest absolute Gasteiger partial charge is 0.262 e. The lowest BCUT2D eigenvalue weighted by molar-refractivity contribution is 0.450. The number of benzene rings is 3. The number of rotatable bonds is 8. The van der Waals surface area contributed by atoms with E-state index in [1.54, 1.807) is 11.8 Å². The van der Waals surface area contributed by atoms with Crippen LogP contribution in [0.5, 0.6) is 23.1 Å². The molecule has 18 rings (SSSR count). The second-order valence-corrected chi connectivity index (χ2v) is 35.5. The van der Waals surface area contributed by atoms with E-state index in [9.17, 15) is 0 Å². The standard InChI is InChI=1S/C36H36BN5.C28H27BN4O.C27H32BN3OS/c1-22(2)29-19-17-27-34(38-29)41(25-13-9-7-10-14-25)32-21-31(24(5)6)40-36-33(32)37(27)28-18-20-30(23(3)4)39-35(28)42(36)26-15-11-8-12-16-26;1-16(2)22-12-24-20(14-30-22)29-21-15-31-23(17(3)4)13-25(21)34-26-11-18(5)32-28(27(26)29)33(24)19-9-7-6-8-10-19;1-25(2,3)19-11-10-15-23(30-19)32-17-12-21(27(7,8)9)31-24-22(17)28(15)16-14-29-20(26(4,5)6)13-18(16)33-24/h7-24H,1-6H3;6-17H,1-5H3;10-14H,1-9H3. The molecule has 6 aliphatic heterocycles. The highest BCUT2D eigenvalue weighted by molar-refractivity contribution is 8.00. The van der Waals surface area contributed by atoms with Crippen LogP contribution in [-0.2, 0) is 16.2 Å². The third-order valence-corrected chi connectivity index (χ3v) is 22.7. The molecule has 0 atom stereocenters. The summed E-state index contributed by atoms with van der Waals surface area (Å²) in [5.41, 5.74) is 25.0. The van der Waals surface area contributed by atoms with Gasteiger partial charge in [0.2, 0.25) is 5.88 Å². The van der Waals surface area contributed by atoms with Gasteiger partial charge in [0.15, 0.2) is 0 Å². The molecule has 0 fully saturated rings. The Labute approximate surface area is 648 Å². The quantitative estimate of drug-likeness (QED) is 0.133. The number of aryl methyl sites for hydroxylation is 1. The van der Waals surface area contributed by atoms with Crippen molar-refractivity contribution in [1.29, 1.82) is 0 Å². The predicted octanol–water partition coefficient (Wildman–Crippen LogP) is 17.0. The average Bonchev–Trinajstić information content (AvgIpc) is 0.707. The van der Waals surface area contributed by atoms with Crippen LogP contribution in [0.15, 0.2) is 192 Å². The first-order chi connectivity index (χ1) is 52.0. The molecule has 18 heteroatoms. The van der Waals surface area contributed by atoms with Crippen LogP contribution in [0.3, 0.4) is 0 Å². The van der Waals surface area contributed by atoms with Crippen LogP contribution in [0.25, 0.3) is 0 Å². The van der Waals surface area contributed by atoms with Gasteiger partial charge in [0.05, 0.1) is 5.69 Å². The molecule has 0 spiro atoms. The molecule has 0 bridgehead atoms. The van der Waals surface area contributed by atoms with Gasteiger partial charge in [-0.15, -0.1) is 0 Å². The van der Waals surface area contributed by atoms with Gasteiger partial charge in [-0.25, -0.2) is 29.9 Å². The minimum atomic E-state index is -0.0823. The molecule has 0 unspecified atom stereocenters. The maximum Gasteiger partial charge on any atom is 0.262 e. The first kappa shape index (κ1) is 72.7. The molecule has 109 heavy (non-hydrogen) atoms. The van der Waals surface area contributed by atoms with E-state index < -0.39 is 0 Å².